The lowest BCUT2D eigenvalue weighted by Gasteiger charge is -2.22. The van der Waals surface area contributed by atoms with Crippen LogP contribution in [0.2, 0.25) is 0 Å². The van der Waals surface area contributed by atoms with E-state index in [-0.39, 0.29) is 0 Å². The van der Waals surface area contributed by atoms with Gasteiger partial charge >= 0.3 is 0 Å². The van der Waals surface area contributed by atoms with Gasteiger partial charge in [-0.05, 0) is 51.0 Å². The van der Waals surface area contributed by atoms with Crippen molar-refractivity contribution in [2.24, 2.45) is 11.8 Å². The molecule has 12 heavy (non-hydrogen) atoms. The molecule has 0 spiro atoms. The number of hydrogen-bond donors (Lipinski definition) is 0. The Kier molecular flexibility index (Phi) is 1.82. The normalized spacial score (nSPS) is 35.7. The van der Waals surface area contributed by atoms with E-state index in [1.807, 2.05) is 6.92 Å². The van der Waals surface area contributed by atoms with Gasteiger partial charge in [0.05, 0.1) is 0 Å². The Bertz CT molecular complexity index is 242. The van der Waals surface area contributed by atoms with Crippen LogP contribution in [0.4, 0.5) is 0 Å². The second-order valence-electron chi connectivity index (χ2n) is 4.22. The third-order valence-corrected chi connectivity index (χ3v) is 3.67. The van der Waals surface area contributed by atoms with Crippen molar-refractivity contribution in [3.63, 3.8) is 0 Å². The lowest BCUT2D eigenvalue weighted by Crippen LogP contribution is -2.17. The Morgan fingerprint density at radius 1 is 1.00 bits per heavy atom. The fourth-order valence-corrected chi connectivity index (χ4v) is 2.60. The van der Waals surface area contributed by atoms with Crippen molar-refractivity contribution in [3.05, 3.63) is 11.1 Å². The van der Waals surface area contributed by atoms with Crippen LogP contribution in [0.1, 0.15) is 39.5 Å². The molecule has 66 valence electrons. The van der Waals surface area contributed by atoms with Gasteiger partial charge in [-0.1, -0.05) is 5.57 Å². The average Bonchev–Trinajstić information content (AvgIpc) is 2.27. The molecule has 1 fully saturated rings. The Hall–Kier alpha value is -0.590. The highest BCUT2D eigenvalue weighted by molar-refractivity contribution is 5.97. The first-order valence-electron chi connectivity index (χ1n) is 4.91. The highest BCUT2D eigenvalue weighted by Crippen LogP contribution is 2.39. The first kappa shape index (κ1) is 8.03. The zero-order chi connectivity index (χ0) is 8.72. The van der Waals surface area contributed by atoms with Crippen molar-refractivity contribution in [2.75, 3.05) is 0 Å². The van der Waals surface area contributed by atoms with Crippen molar-refractivity contribution in [1.82, 2.24) is 0 Å². The first-order chi connectivity index (χ1) is 5.70. The Labute approximate surface area is 73.8 Å². The lowest BCUT2D eigenvalue weighted by atomic mass is 9.82. The maximum atomic E-state index is 11.8. The molecule has 1 nitrogen and oxygen atoms in total. The molecule has 0 saturated heterocycles. The van der Waals surface area contributed by atoms with Gasteiger partial charge in [0, 0.05) is 5.92 Å². The van der Waals surface area contributed by atoms with Crippen LogP contribution in [-0.2, 0) is 4.79 Å². The smallest absolute Gasteiger partial charge is 0.161 e. The van der Waals surface area contributed by atoms with Crippen LogP contribution >= 0.6 is 0 Å². The van der Waals surface area contributed by atoms with Gasteiger partial charge in [0.15, 0.2) is 5.78 Å². The Balaban J connectivity index is 2.41. The predicted molar refractivity (Wildman–Crippen MR) is 48.8 cm³/mol. The third-order valence-electron chi connectivity index (χ3n) is 3.67. The van der Waals surface area contributed by atoms with E-state index in [0.29, 0.717) is 11.7 Å². The molecule has 0 aromatic rings. The molecule has 3 rings (SSSR count). The first-order valence-corrected chi connectivity index (χ1v) is 4.91. The fourth-order valence-electron chi connectivity index (χ4n) is 2.60. The Morgan fingerprint density at radius 3 is 2.08 bits per heavy atom. The van der Waals surface area contributed by atoms with E-state index in [4.69, 9.17) is 0 Å². The highest BCUT2D eigenvalue weighted by atomic mass is 16.1. The monoisotopic (exact) mass is 164 g/mol. The predicted octanol–water partition coefficient (Wildman–Crippen LogP) is 2.71. The number of carbonyl (C=O) groups excluding carboxylic acids is 1. The molecule has 3 aliphatic carbocycles. The number of hydrogen-bond acceptors (Lipinski definition) is 1. The number of Topliss-reactive ketones (excluding diaryl/α,β-unsaturated/α-hetero) is 1. The van der Waals surface area contributed by atoms with Gasteiger partial charge in [-0.2, -0.15) is 0 Å². The summed E-state index contributed by atoms with van der Waals surface area (Å²) in [4.78, 5) is 11.8. The fraction of sp³-hybridized carbons (Fsp3) is 0.727. The number of carbonyl (C=O) groups is 1. The maximum Gasteiger partial charge on any atom is 0.161 e. The van der Waals surface area contributed by atoms with Crippen LogP contribution in [0.25, 0.3) is 0 Å². The molecule has 2 bridgehead atoms. The van der Waals surface area contributed by atoms with Crippen LogP contribution in [0, 0.1) is 11.8 Å². The minimum absolute atomic E-state index is 0.374. The number of rotatable bonds is 0. The molecule has 0 N–H and O–H groups in total. The van der Waals surface area contributed by atoms with Gasteiger partial charge in [-0.25, -0.2) is 0 Å². The second-order valence-corrected chi connectivity index (χ2v) is 4.22. The van der Waals surface area contributed by atoms with Crippen molar-refractivity contribution in [3.8, 4) is 0 Å². The quantitative estimate of drug-likeness (QED) is 0.538. The van der Waals surface area contributed by atoms with Gasteiger partial charge < -0.3 is 0 Å². The summed E-state index contributed by atoms with van der Waals surface area (Å²) in [5.41, 5.74) is 2.44. The SMILES string of the molecule is CC1=C(C)C2CCC(CC2)C1=O. The molecule has 0 unspecified atom stereocenters. The van der Waals surface area contributed by atoms with Crippen LogP contribution in [0.5, 0.6) is 0 Å². The van der Waals surface area contributed by atoms with Gasteiger partial charge in [-0.15, -0.1) is 0 Å². The van der Waals surface area contributed by atoms with Crippen LogP contribution in [-0.4, -0.2) is 5.78 Å². The molecule has 0 aliphatic heterocycles. The molecule has 0 aromatic heterocycles. The summed E-state index contributed by atoms with van der Waals surface area (Å²) in [6.07, 6.45) is 4.77. The van der Waals surface area contributed by atoms with Crippen LogP contribution in [0.3, 0.4) is 0 Å². The summed E-state index contributed by atoms with van der Waals surface area (Å²) in [7, 11) is 0. The molecule has 0 radical (unpaired) electrons. The van der Waals surface area contributed by atoms with E-state index >= 15 is 0 Å². The molecular weight excluding hydrogens is 148 g/mol. The summed E-state index contributed by atoms with van der Waals surface area (Å²) >= 11 is 0. The molecule has 0 amide bonds. The summed E-state index contributed by atoms with van der Waals surface area (Å²) < 4.78 is 0. The van der Waals surface area contributed by atoms with Crippen molar-refractivity contribution >= 4 is 5.78 Å². The van der Waals surface area contributed by atoms with Crippen molar-refractivity contribution in [1.29, 1.82) is 0 Å². The maximum absolute atomic E-state index is 11.8. The number of ketones is 1. The van der Waals surface area contributed by atoms with E-state index in [0.717, 1.165) is 24.3 Å². The lowest BCUT2D eigenvalue weighted by molar-refractivity contribution is -0.119. The molecular formula is C11H16O. The average molecular weight is 164 g/mol. The summed E-state index contributed by atoms with van der Waals surface area (Å²) in [6.45, 7) is 4.15. The van der Waals surface area contributed by atoms with E-state index < -0.39 is 0 Å². The van der Waals surface area contributed by atoms with Crippen molar-refractivity contribution in [2.45, 2.75) is 39.5 Å². The molecule has 1 saturated carbocycles. The number of fused-ring (bicyclic) bond motifs is 3. The van der Waals surface area contributed by atoms with E-state index in [1.54, 1.807) is 0 Å². The Morgan fingerprint density at radius 2 is 1.50 bits per heavy atom. The topological polar surface area (TPSA) is 17.1 Å². The zero-order valence-corrected chi connectivity index (χ0v) is 7.89. The van der Waals surface area contributed by atoms with Crippen LogP contribution < -0.4 is 0 Å². The second kappa shape index (κ2) is 2.72. The molecule has 1 heteroatoms. The standard InChI is InChI=1S/C11H16O/c1-7-8(2)11(12)10-5-3-9(7)4-6-10/h9-10H,3-6H2,1-2H3. The highest BCUT2D eigenvalue weighted by Gasteiger charge is 2.32. The molecule has 0 heterocycles. The van der Waals surface area contributed by atoms with Crippen molar-refractivity contribution < 1.29 is 4.79 Å². The van der Waals surface area contributed by atoms with E-state index in [9.17, 15) is 4.79 Å². The molecule has 3 aliphatic rings. The minimum atomic E-state index is 0.374. The van der Waals surface area contributed by atoms with Gasteiger partial charge in [0.1, 0.15) is 0 Å². The zero-order valence-electron chi connectivity index (χ0n) is 7.89. The summed E-state index contributed by atoms with van der Waals surface area (Å²) in [6, 6.07) is 0. The summed E-state index contributed by atoms with van der Waals surface area (Å²) in [5.74, 6) is 1.54. The third kappa shape index (κ3) is 1.03. The number of allylic oxidation sites excluding steroid dienone is 2. The molecule has 0 aromatic carbocycles. The minimum Gasteiger partial charge on any atom is -0.294 e. The van der Waals surface area contributed by atoms with E-state index in [2.05, 4.69) is 6.92 Å². The van der Waals surface area contributed by atoms with Gasteiger partial charge in [-0.3, -0.25) is 4.79 Å². The van der Waals surface area contributed by atoms with Crippen LogP contribution in [0.15, 0.2) is 11.1 Å². The molecule has 0 atom stereocenters. The largest absolute Gasteiger partial charge is 0.294 e. The summed E-state index contributed by atoms with van der Waals surface area (Å²) in [5, 5.41) is 0. The van der Waals surface area contributed by atoms with Gasteiger partial charge in [0.2, 0.25) is 0 Å². The van der Waals surface area contributed by atoms with E-state index in [1.165, 1.54) is 18.4 Å². The van der Waals surface area contributed by atoms with Gasteiger partial charge in [0.25, 0.3) is 0 Å².